The largest absolute Gasteiger partial charge is 0.441 e. The summed E-state index contributed by atoms with van der Waals surface area (Å²) in [7, 11) is 1.62. The molecule has 0 radical (unpaired) electrons. The van der Waals surface area contributed by atoms with E-state index in [2.05, 4.69) is 37.0 Å². The molecule has 174 valence electrons. The van der Waals surface area contributed by atoms with Gasteiger partial charge in [-0.05, 0) is 38.0 Å². The summed E-state index contributed by atoms with van der Waals surface area (Å²) >= 11 is 6.07. The Morgan fingerprint density at radius 3 is 2.74 bits per heavy atom. The predicted molar refractivity (Wildman–Crippen MR) is 122 cm³/mol. The van der Waals surface area contributed by atoms with Crippen molar-refractivity contribution in [1.82, 2.24) is 25.0 Å². The molecule has 0 aromatic carbocycles. The monoisotopic (exact) mass is 480 g/mol. The van der Waals surface area contributed by atoms with Crippen LogP contribution in [0.3, 0.4) is 0 Å². The first-order chi connectivity index (χ1) is 16.4. The normalized spacial score (nSPS) is 17.7. The van der Waals surface area contributed by atoms with Gasteiger partial charge in [-0.1, -0.05) is 22.9 Å². The summed E-state index contributed by atoms with van der Waals surface area (Å²) in [5.74, 6) is -0.0470. The Labute approximate surface area is 200 Å². The summed E-state index contributed by atoms with van der Waals surface area (Å²) in [6.07, 6.45) is 2.84. The van der Waals surface area contributed by atoms with Crippen molar-refractivity contribution in [3.05, 3.63) is 47.4 Å². The molecule has 1 aliphatic carbocycles. The summed E-state index contributed by atoms with van der Waals surface area (Å²) in [6.45, 7) is 1.68. The van der Waals surface area contributed by atoms with Crippen LogP contribution in [0.2, 0.25) is 5.15 Å². The topological polar surface area (TPSA) is 148 Å². The van der Waals surface area contributed by atoms with Crippen molar-refractivity contribution in [2.45, 2.75) is 25.9 Å². The van der Waals surface area contributed by atoms with Crippen LogP contribution < -0.4 is 10.6 Å². The number of ether oxygens (including phenoxy) is 1. The molecule has 1 atom stereocenters. The van der Waals surface area contributed by atoms with Crippen molar-refractivity contribution in [2.75, 3.05) is 10.6 Å². The van der Waals surface area contributed by atoms with Gasteiger partial charge in [0.1, 0.15) is 11.3 Å². The molecule has 0 unspecified atom stereocenters. The predicted octanol–water partition coefficient (Wildman–Crippen LogP) is 3.72. The van der Waals surface area contributed by atoms with E-state index in [0.717, 1.165) is 0 Å². The molecule has 2 amide bonds. The molecule has 1 aliphatic rings. The number of nitrogens with zero attached hydrogens (tertiary/aromatic N) is 6. The molecule has 1 fully saturated rings. The van der Waals surface area contributed by atoms with E-state index in [1.165, 1.54) is 10.9 Å². The van der Waals surface area contributed by atoms with Gasteiger partial charge in [0, 0.05) is 30.6 Å². The van der Waals surface area contributed by atoms with Gasteiger partial charge in [-0.3, -0.25) is 15.1 Å². The lowest BCUT2D eigenvalue weighted by Gasteiger charge is -2.29. The molecule has 0 spiro atoms. The molecule has 3 aromatic heterocycles. The molecule has 1 saturated carbocycles. The number of halogens is 1. The van der Waals surface area contributed by atoms with Crippen molar-refractivity contribution in [1.29, 1.82) is 5.26 Å². The van der Waals surface area contributed by atoms with Crippen LogP contribution in [0.4, 0.5) is 16.3 Å². The summed E-state index contributed by atoms with van der Waals surface area (Å²) in [6, 6.07) is 8.93. The third-order valence-corrected chi connectivity index (χ3v) is 5.84. The van der Waals surface area contributed by atoms with E-state index in [0.29, 0.717) is 35.5 Å². The lowest BCUT2D eigenvalue weighted by Crippen LogP contribution is -2.33. The zero-order valence-corrected chi connectivity index (χ0v) is 19.2. The maximum absolute atomic E-state index is 12.5. The third kappa shape index (κ3) is 4.97. The number of nitriles is 1. The number of carbonyl (C=O) groups is 2. The zero-order valence-electron chi connectivity index (χ0n) is 18.4. The third-order valence-electron chi connectivity index (χ3n) is 5.52. The number of carbonyl (C=O) groups excluding carboxylic acids is 2. The quantitative estimate of drug-likeness (QED) is 0.507. The van der Waals surface area contributed by atoms with Crippen LogP contribution in [-0.4, -0.2) is 37.0 Å². The number of pyridine rings is 2. The Hall–Kier alpha value is -4.04. The zero-order chi connectivity index (χ0) is 24.2. The van der Waals surface area contributed by atoms with Crippen LogP contribution in [0.5, 0.6) is 0 Å². The Balaban J connectivity index is 1.41. The summed E-state index contributed by atoms with van der Waals surface area (Å²) in [4.78, 5) is 33.1. The molecular formula is C22H21ClN8O3. The van der Waals surface area contributed by atoms with Crippen LogP contribution in [0.25, 0.3) is 11.4 Å². The molecule has 3 aromatic rings. The number of rotatable bonds is 6. The minimum atomic E-state index is -0.723. The van der Waals surface area contributed by atoms with E-state index in [1.54, 1.807) is 44.4 Å². The molecule has 3 heterocycles. The molecule has 0 saturated heterocycles. The van der Waals surface area contributed by atoms with Gasteiger partial charge >= 0.3 is 6.09 Å². The highest BCUT2D eigenvalue weighted by atomic mass is 35.5. The molecule has 0 aliphatic heterocycles. The fourth-order valence-corrected chi connectivity index (χ4v) is 3.78. The van der Waals surface area contributed by atoms with E-state index in [9.17, 15) is 9.59 Å². The summed E-state index contributed by atoms with van der Waals surface area (Å²) < 4.78 is 6.81. The minimum Gasteiger partial charge on any atom is -0.441 e. The molecule has 11 nitrogen and oxygen atoms in total. The van der Waals surface area contributed by atoms with Gasteiger partial charge < -0.3 is 10.1 Å². The maximum Gasteiger partial charge on any atom is 0.413 e. The SMILES string of the molecule is C[C@@H](OC(=O)Nc1c(-c2ccc(NC(=O)[C@H]3C[C@H](C#N)C3)cn2)nnn1C)c1cccnc1Cl. The van der Waals surface area contributed by atoms with E-state index < -0.39 is 12.2 Å². The molecule has 0 bridgehead atoms. The standard InChI is InChI=1S/C22H21ClN8O3/c1-12(16-4-3-7-25-19(16)23)34-22(33)28-20-18(29-30-31(20)2)17-6-5-15(11-26-17)27-21(32)14-8-13(9-14)10-24/h3-7,11-14H,8-9H2,1-2H3,(H,27,32)(H,28,33)/t12-,13-,14-/m1/s1. The molecule has 12 heteroatoms. The van der Waals surface area contributed by atoms with Crippen LogP contribution in [0, 0.1) is 23.2 Å². The molecule has 2 N–H and O–H groups in total. The highest BCUT2D eigenvalue weighted by Gasteiger charge is 2.34. The van der Waals surface area contributed by atoms with E-state index in [1.807, 2.05) is 0 Å². The van der Waals surface area contributed by atoms with Crippen LogP contribution >= 0.6 is 11.6 Å². The highest BCUT2D eigenvalue weighted by Crippen LogP contribution is 2.34. The van der Waals surface area contributed by atoms with Gasteiger partial charge in [0.2, 0.25) is 5.91 Å². The van der Waals surface area contributed by atoms with Crippen molar-refractivity contribution in [3.63, 3.8) is 0 Å². The number of hydrogen-bond acceptors (Lipinski definition) is 8. The summed E-state index contributed by atoms with van der Waals surface area (Å²) in [5.41, 5.74) is 1.87. The van der Waals surface area contributed by atoms with Crippen LogP contribution in [-0.2, 0) is 16.6 Å². The first kappa shape index (κ1) is 23.1. The van der Waals surface area contributed by atoms with Crippen molar-refractivity contribution < 1.29 is 14.3 Å². The highest BCUT2D eigenvalue weighted by molar-refractivity contribution is 6.30. The van der Waals surface area contributed by atoms with Crippen molar-refractivity contribution in [2.24, 2.45) is 18.9 Å². The average molecular weight is 481 g/mol. The molecule has 34 heavy (non-hydrogen) atoms. The number of aromatic nitrogens is 5. The number of nitrogens with one attached hydrogen (secondary N) is 2. The Morgan fingerprint density at radius 1 is 1.26 bits per heavy atom. The van der Waals surface area contributed by atoms with Gasteiger partial charge in [-0.2, -0.15) is 5.26 Å². The smallest absolute Gasteiger partial charge is 0.413 e. The lowest BCUT2D eigenvalue weighted by molar-refractivity contribution is -0.123. The van der Waals surface area contributed by atoms with Gasteiger partial charge in [-0.15, -0.1) is 5.10 Å². The van der Waals surface area contributed by atoms with E-state index in [-0.39, 0.29) is 28.7 Å². The van der Waals surface area contributed by atoms with Crippen LogP contribution in [0.15, 0.2) is 36.7 Å². The van der Waals surface area contributed by atoms with E-state index in [4.69, 9.17) is 21.6 Å². The second kappa shape index (κ2) is 9.84. The Bertz CT molecular complexity index is 1250. The second-order valence-electron chi connectivity index (χ2n) is 7.88. The second-order valence-corrected chi connectivity index (χ2v) is 8.24. The average Bonchev–Trinajstić information content (AvgIpc) is 3.13. The maximum atomic E-state index is 12.5. The number of aryl methyl sites for hydroxylation is 1. The summed E-state index contributed by atoms with van der Waals surface area (Å²) in [5, 5.41) is 22.6. The lowest BCUT2D eigenvalue weighted by atomic mass is 9.75. The van der Waals surface area contributed by atoms with Crippen LogP contribution in [0.1, 0.15) is 31.4 Å². The van der Waals surface area contributed by atoms with E-state index >= 15 is 0 Å². The first-order valence-electron chi connectivity index (χ1n) is 10.5. The van der Waals surface area contributed by atoms with Gasteiger partial charge in [0.15, 0.2) is 11.5 Å². The van der Waals surface area contributed by atoms with Crippen molar-refractivity contribution in [3.8, 4) is 17.5 Å². The Kier molecular flexibility index (Phi) is 6.70. The number of anilines is 2. The van der Waals surface area contributed by atoms with Gasteiger partial charge in [0.05, 0.1) is 23.6 Å². The first-order valence-corrected chi connectivity index (χ1v) is 10.9. The number of amides is 2. The molecular weight excluding hydrogens is 460 g/mol. The molecule has 4 rings (SSSR count). The van der Waals surface area contributed by atoms with Gasteiger partial charge in [-0.25, -0.2) is 14.5 Å². The Morgan fingerprint density at radius 2 is 2.06 bits per heavy atom. The van der Waals surface area contributed by atoms with Gasteiger partial charge in [0.25, 0.3) is 0 Å². The van der Waals surface area contributed by atoms with Crippen molar-refractivity contribution >= 4 is 35.1 Å². The number of hydrogen-bond donors (Lipinski definition) is 2. The minimum absolute atomic E-state index is 0.0464. The fraction of sp³-hybridized carbons (Fsp3) is 0.318. The fourth-order valence-electron chi connectivity index (χ4n) is 3.51.